The summed E-state index contributed by atoms with van der Waals surface area (Å²) >= 11 is 6.24. The van der Waals surface area contributed by atoms with Crippen LogP contribution >= 0.6 is 11.6 Å². The molecule has 0 spiro atoms. The molecule has 0 saturated heterocycles. The highest BCUT2D eigenvalue weighted by molar-refractivity contribution is 6.31. The van der Waals surface area contributed by atoms with Crippen LogP contribution in [0.15, 0.2) is 59.7 Å². The van der Waals surface area contributed by atoms with Crippen molar-refractivity contribution in [3.8, 4) is 16.8 Å². The molecule has 2 aromatic carbocycles. The Hall–Kier alpha value is -3.18. The first-order valence-electron chi connectivity index (χ1n) is 8.45. The number of pyridine rings is 1. The van der Waals surface area contributed by atoms with Crippen LogP contribution in [0.4, 0.5) is 5.95 Å². The number of hydrogen-bond donors (Lipinski definition) is 1. The lowest BCUT2D eigenvalue weighted by molar-refractivity contribution is 0.985. The van der Waals surface area contributed by atoms with E-state index < -0.39 is 0 Å². The second-order valence-corrected chi connectivity index (χ2v) is 6.89. The van der Waals surface area contributed by atoms with Crippen LogP contribution in [0, 0.1) is 13.8 Å². The monoisotopic (exact) mass is 376 g/mol. The average molecular weight is 377 g/mol. The normalized spacial score (nSPS) is 11.1. The van der Waals surface area contributed by atoms with Crippen molar-refractivity contribution >= 4 is 28.5 Å². The number of hydrogen-bond acceptors (Lipinski definition) is 4. The SMILES string of the molecule is Cc1ccc(-n2ccc(C)c(-c3ccc4nc(N)ncc4c3)c2=O)cc1Cl. The molecular weight excluding hydrogens is 360 g/mol. The van der Waals surface area contributed by atoms with E-state index in [1.54, 1.807) is 23.0 Å². The number of nitrogen functional groups attached to an aromatic ring is 1. The number of halogens is 1. The van der Waals surface area contributed by atoms with Crippen LogP contribution in [0.25, 0.3) is 27.7 Å². The Morgan fingerprint density at radius 1 is 1.04 bits per heavy atom. The van der Waals surface area contributed by atoms with Crippen LogP contribution in [-0.4, -0.2) is 14.5 Å². The summed E-state index contributed by atoms with van der Waals surface area (Å²) in [6, 6.07) is 13.2. The molecule has 5 nitrogen and oxygen atoms in total. The van der Waals surface area contributed by atoms with Gasteiger partial charge in [0.25, 0.3) is 5.56 Å². The summed E-state index contributed by atoms with van der Waals surface area (Å²) in [6.07, 6.45) is 3.44. The van der Waals surface area contributed by atoms with Gasteiger partial charge in [0.05, 0.1) is 16.8 Å². The lowest BCUT2D eigenvalue weighted by atomic mass is 10.0. The molecular formula is C21H17ClN4O. The number of nitrogens with zero attached hydrogens (tertiary/aromatic N) is 3. The summed E-state index contributed by atoms with van der Waals surface area (Å²) in [5.41, 5.74) is 10.3. The predicted octanol–water partition coefficient (Wildman–Crippen LogP) is 4.30. The highest BCUT2D eigenvalue weighted by atomic mass is 35.5. The third kappa shape index (κ3) is 3.06. The predicted molar refractivity (Wildman–Crippen MR) is 109 cm³/mol. The zero-order valence-electron chi connectivity index (χ0n) is 14.9. The third-order valence-electron chi connectivity index (χ3n) is 4.62. The van der Waals surface area contributed by atoms with E-state index in [-0.39, 0.29) is 11.5 Å². The number of anilines is 1. The van der Waals surface area contributed by atoms with Crippen molar-refractivity contribution < 1.29 is 0 Å². The van der Waals surface area contributed by atoms with Gasteiger partial charge >= 0.3 is 0 Å². The Labute approximate surface area is 161 Å². The van der Waals surface area contributed by atoms with Crippen LogP contribution in [0.2, 0.25) is 5.02 Å². The molecule has 4 aromatic rings. The van der Waals surface area contributed by atoms with E-state index in [1.807, 2.05) is 50.2 Å². The number of aromatic nitrogens is 3. The fourth-order valence-corrected chi connectivity index (χ4v) is 3.29. The van der Waals surface area contributed by atoms with Gasteiger partial charge in [-0.1, -0.05) is 23.7 Å². The summed E-state index contributed by atoms with van der Waals surface area (Å²) in [7, 11) is 0. The number of nitrogens with two attached hydrogens (primary N) is 1. The molecule has 27 heavy (non-hydrogen) atoms. The van der Waals surface area contributed by atoms with Gasteiger partial charge in [-0.05, 0) is 60.9 Å². The van der Waals surface area contributed by atoms with Crippen molar-refractivity contribution in [3.63, 3.8) is 0 Å². The molecule has 0 aliphatic heterocycles. The molecule has 0 radical (unpaired) electrons. The molecule has 4 rings (SSSR count). The molecule has 134 valence electrons. The van der Waals surface area contributed by atoms with E-state index in [9.17, 15) is 4.79 Å². The van der Waals surface area contributed by atoms with E-state index in [0.717, 1.165) is 33.3 Å². The maximum absolute atomic E-state index is 13.2. The maximum atomic E-state index is 13.2. The molecule has 0 fully saturated rings. The Morgan fingerprint density at radius 3 is 2.63 bits per heavy atom. The standard InChI is InChI=1S/C21H17ClN4O/c1-12-3-5-16(10-17(12)22)26-8-7-13(2)19(20(26)27)14-4-6-18-15(9-14)11-24-21(23)25-18/h3-11H,1-2H3,(H2,23,24,25). The molecule has 0 atom stereocenters. The summed E-state index contributed by atoms with van der Waals surface area (Å²) < 4.78 is 1.61. The lowest BCUT2D eigenvalue weighted by Crippen LogP contribution is -2.20. The molecule has 0 aliphatic rings. The smallest absolute Gasteiger partial charge is 0.263 e. The Morgan fingerprint density at radius 2 is 1.85 bits per heavy atom. The second kappa shape index (κ2) is 6.52. The average Bonchev–Trinajstić information content (AvgIpc) is 2.64. The van der Waals surface area contributed by atoms with Crippen molar-refractivity contribution in [2.75, 3.05) is 5.73 Å². The minimum absolute atomic E-state index is 0.106. The number of aryl methyl sites for hydroxylation is 2. The number of fused-ring (bicyclic) bond motifs is 1. The highest BCUT2D eigenvalue weighted by Gasteiger charge is 2.12. The van der Waals surface area contributed by atoms with Crippen LogP contribution in [0.3, 0.4) is 0 Å². The van der Waals surface area contributed by atoms with Crippen molar-refractivity contribution in [1.29, 1.82) is 0 Å². The van der Waals surface area contributed by atoms with Gasteiger partial charge in [0.15, 0.2) is 0 Å². The van der Waals surface area contributed by atoms with E-state index in [2.05, 4.69) is 9.97 Å². The van der Waals surface area contributed by atoms with Gasteiger partial charge in [0.2, 0.25) is 5.95 Å². The van der Waals surface area contributed by atoms with Gasteiger partial charge in [0, 0.05) is 22.8 Å². The molecule has 2 aromatic heterocycles. The molecule has 0 unspecified atom stereocenters. The lowest BCUT2D eigenvalue weighted by Gasteiger charge is -2.12. The van der Waals surface area contributed by atoms with Gasteiger partial charge in [-0.2, -0.15) is 0 Å². The first-order chi connectivity index (χ1) is 12.9. The maximum Gasteiger partial charge on any atom is 0.263 e. The third-order valence-corrected chi connectivity index (χ3v) is 5.03. The van der Waals surface area contributed by atoms with E-state index in [1.165, 1.54) is 0 Å². The number of rotatable bonds is 2. The van der Waals surface area contributed by atoms with Crippen LogP contribution in [0.1, 0.15) is 11.1 Å². The van der Waals surface area contributed by atoms with Crippen LogP contribution in [-0.2, 0) is 0 Å². The highest BCUT2D eigenvalue weighted by Crippen LogP contribution is 2.25. The zero-order valence-corrected chi connectivity index (χ0v) is 15.7. The largest absolute Gasteiger partial charge is 0.368 e. The summed E-state index contributed by atoms with van der Waals surface area (Å²) in [5.74, 6) is 0.227. The fourth-order valence-electron chi connectivity index (χ4n) is 3.12. The molecule has 2 heterocycles. The molecule has 0 bridgehead atoms. The molecule has 0 aliphatic carbocycles. The Balaban J connectivity index is 1.92. The van der Waals surface area contributed by atoms with E-state index >= 15 is 0 Å². The Kier molecular flexibility index (Phi) is 4.16. The van der Waals surface area contributed by atoms with Crippen LogP contribution in [0.5, 0.6) is 0 Å². The topological polar surface area (TPSA) is 73.8 Å². The van der Waals surface area contributed by atoms with Crippen molar-refractivity contribution in [2.45, 2.75) is 13.8 Å². The fraction of sp³-hybridized carbons (Fsp3) is 0.0952. The van der Waals surface area contributed by atoms with E-state index in [0.29, 0.717) is 10.6 Å². The van der Waals surface area contributed by atoms with Crippen molar-refractivity contribution in [1.82, 2.24) is 14.5 Å². The quantitative estimate of drug-likeness (QED) is 0.566. The minimum atomic E-state index is -0.106. The van der Waals surface area contributed by atoms with Crippen molar-refractivity contribution in [3.05, 3.63) is 81.4 Å². The number of benzene rings is 2. The summed E-state index contributed by atoms with van der Waals surface area (Å²) in [6.45, 7) is 3.85. The van der Waals surface area contributed by atoms with Gasteiger partial charge in [-0.3, -0.25) is 9.36 Å². The van der Waals surface area contributed by atoms with Gasteiger partial charge in [-0.15, -0.1) is 0 Å². The second-order valence-electron chi connectivity index (χ2n) is 6.48. The molecule has 0 amide bonds. The van der Waals surface area contributed by atoms with Gasteiger partial charge in [0.1, 0.15) is 0 Å². The van der Waals surface area contributed by atoms with Crippen LogP contribution < -0.4 is 11.3 Å². The summed E-state index contributed by atoms with van der Waals surface area (Å²) in [5, 5.41) is 1.45. The summed E-state index contributed by atoms with van der Waals surface area (Å²) in [4.78, 5) is 21.5. The van der Waals surface area contributed by atoms with Crippen molar-refractivity contribution in [2.24, 2.45) is 0 Å². The minimum Gasteiger partial charge on any atom is -0.368 e. The molecule has 6 heteroatoms. The molecule has 0 saturated carbocycles. The first kappa shape index (κ1) is 17.2. The Bertz CT molecular complexity index is 1250. The van der Waals surface area contributed by atoms with Gasteiger partial charge in [-0.25, -0.2) is 9.97 Å². The molecule has 2 N–H and O–H groups in total. The zero-order chi connectivity index (χ0) is 19.1. The van der Waals surface area contributed by atoms with Gasteiger partial charge < -0.3 is 5.73 Å². The first-order valence-corrected chi connectivity index (χ1v) is 8.83. The van der Waals surface area contributed by atoms with E-state index in [4.69, 9.17) is 17.3 Å².